The van der Waals surface area contributed by atoms with Gasteiger partial charge in [0, 0.05) is 31.5 Å². The molecule has 2 N–H and O–H groups in total. The Kier molecular flexibility index (Phi) is 3.15. The van der Waals surface area contributed by atoms with E-state index in [0.29, 0.717) is 16.9 Å². The van der Waals surface area contributed by atoms with Crippen LogP contribution in [0.1, 0.15) is 16.1 Å². The number of likely N-dealkylation sites (N-methyl/N-ethyl adjacent to an activating group) is 1. The second kappa shape index (κ2) is 4.61. The van der Waals surface area contributed by atoms with Crippen LogP contribution in [0.2, 0.25) is 0 Å². The molecule has 0 fully saturated rings. The van der Waals surface area contributed by atoms with Gasteiger partial charge in [0.05, 0.1) is 6.61 Å². The second-order valence-corrected chi connectivity index (χ2v) is 4.03. The number of aliphatic hydroxyl groups excluding tert-OH is 1. The summed E-state index contributed by atoms with van der Waals surface area (Å²) in [6, 6.07) is 1.38. The molecule has 2 heterocycles. The lowest BCUT2D eigenvalue weighted by Gasteiger charge is -2.14. The van der Waals surface area contributed by atoms with Crippen molar-refractivity contribution in [3.63, 3.8) is 0 Å². The second-order valence-electron chi connectivity index (χ2n) is 4.03. The smallest absolute Gasteiger partial charge is 0.272 e. The minimum Gasteiger partial charge on any atom is -0.395 e. The van der Waals surface area contributed by atoms with E-state index in [9.17, 15) is 9.59 Å². The number of nitrogens with zero attached hydrogens (tertiary/aromatic N) is 3. The number of carbonyl (C=O) groups is 1. The highest BCUT2D eigenvalue weighted by molar-refractivity contribution is 5.99. The first-order valence-corrected chi connectivity index (χ1v) is 5.48. The Bertz CT molecular complexity index is 643. The molecular weight excluding hydrogens is 236 g/mol. The normalized spacial score (nSPS) is 10.8. The summed E-state index contributed by atoms with van der Waals surface area (Å²) in [5.74, 6) is -0.291. The lowest BCUT2D eigenvalue weighted by atomic mass is 10.3. The molecule has 0 aliphatic rings. The van der Waals surface area contributed by atoms with E-state index in [1.807, 2.05) is 0 Å². The van der Waals surface area contributed by atoms with Gasteiger partial charge in [-0.15, -0.1) is 0 Å². The molecule has 96 valence electrons. The summed E-state index contributed by atoms with van der Waals surface area (Å²) in [7, 11) is 1.58. The minimum atomic E-state index is -0.291. The van der Waals surface area contributed by atoms with E-state index in [0.717, 1.165) is 0 Å². The molecule has 0 radical (unpaired) electrons. The van der Waals surface area contributed by atoms with Crippen molar-refractivity contribution in [3.05, 3.63) is 33.9 Å². The van der Waals surface area contributed by atoms with Gasteiger partial charge in [0.15, 0.2) is 5.65 Å². The van der Waals surface area contributed by atoms with E-state index in [1.54, 1.807) is 14.0 Å². The molecule has 2 aromatic heterocycles. The Morgan fingerprint density at radius 3 is 3.00 bits per heavy atom. The number of aromatic nitrogens is 3. The molecule has 0 atom stereocenters. The largest absolute Gasteiger partial charge is 0.395 e. The third-order valence-corrected chi connectivity index (χ3v) is 2.64. The molecule has 2 aromatic rings. The van der Waals surface area contributed by atoms with Crippen LogP contribution < -0.4 is 5.56 Å². The molecule has 0 unspecified atom stereocenters. The van der Waals surface area contributed by atoms with Crippen LogP contribution in [0, 0.1) is 6.92 Å². The van der Waals surface area contributed by atoms with E-state index >= 15 is 0 Å². The van der Waals surface area contributed by atoms with Crippen LogP contribution in [-0.4, -0.2) is 50.7 Å². The third kappa shape index (κ3) is 2.00. The summed E-state index contributed by atoms with van der Waals surface area (Å²) < 4.78 is 1.22. The van der Waals surface area contributed by atoms with Crippen LogP contribution in [0.15, 0.2) is 17.1 Å². The quantitative estimate of drug-likeness (QED) is 0.760. The van der Waals surface area contributed by atoms with Crippen LogP contribution >= 0.6 is 0 Å². The van der Waals surface area contributed by atoms with Crippen LogP contribution in [0.25, 0.3) is 5.65 Å². The number of aryl methyl sites for hydroxylation is 1. The number of rotatable bonds is 3. The fourth-order valence-electron chi connectivity index (χ4n) is 1.71. The molecule has 0 bridgehead atoms. The topological polar surface area (TPSA) is 90.7 Å². The van der Waals surface area contributed by atoms with Crippen molar-refractivity contribution in [2.24, 2.45) is 0 Å². The predicted octanol–water partition coefficient (Wildman–Crippen LogP) is -0.605. The van der Waals surface area contributed by atoms with Gasteiger partial charge in [0.2, 0.25) is 0 Å². The molecule has 18 heavy (non-hydrogen) atoms. The number of fused-ring (bicyclic) bond motifs is 1. The fourth-order valence-corrected chi connectivity index (χ4v) is 1.71. The Balaban J connectivity index is 2.52. The molecule has 0 aromatic carbocycles. The number of aromatic amines is 1. The van der Waals surface area contributed by atoms with Crippen LogP contribution in [0.3, 0.4) is 0 Å². The Labute approximate surface area is 103 Å². The molecule has 0 saturated heterocycles. The van der Waals surface area contributed by atoms with Gasteiger partial charge in [0.25, 0.3) is 11.5 Å². The van der Waals surface area contributed by atoms with Crippen molar-refractivity contribution in [1.82, 2.24) is 19.5 Å². The van der Waals surface area contributed by atoms with Crippen molar-refractivity contribution < 1.29 is 9.90 Å². The summed E-state index contributed by atoms with van der Waals surface area (Å²) in [6.07, 6.45) is 1.44. The molecule has 0 aliphatic heterocycles. The van der Waals surface area contributed by atoms with Gasteiger partial charge >= 0.3 is 0 Å². The monoisotopic (exact) mass is 250 g/mol. The van der Waals surface area contributed by atoms with E-state index in [4.69, 9.17) is 5.11 Å². The first-order chi connectivity index (χ1) is 8.54. The first-order valence-electron chi connectivity index (χ1n) is 5.48. The van der Waals surface area contributed by atoms with Crippen LogP contribution in [-0.2, 0) is 0 Å². The minimum absolute atomic E-state index is 0.114. The number of hydrogen-bond donors (Lipinski definition) is 2. The van der Waals surface area contributed by atoms with E-state index in [2.05, 4.69) is 10.1 Å². The van der Waals surface area contributed by atoms with Gasteiger partial charge in [0.1, 0.15) is 5.56 Å². The third-order valence-electron chi connectivity index (χ3n) is 2.64. The molecule has 0 saturated carbocycles. The average molecular weight is 250 g/mol. The van der Waals surface area contributed by atoms with Crippen molar-refractivity contribution >= 4 is 11.6 Å². The summed E-state index contributed by atoms with van der Waals surface area (Å²) in [5, 5.41) is 11.5. The summed E-state index contributed by atoms with van der Waals surface area (Å²) >= 11 is 0. The van der Waals surface area contributed by atoms with E-state index < -0.39 is 0 Å². The first kappa shape index (κ1) is 12.3. The average Bonchev–Trinajstić information content (AvgIpc) is 2.72. The number of H-pyrrole nitrogens is 1. The molecule has 0 aliphatic carbocycles. The van der Waals surface area contributed by atoms with Gasteiger partial charge in [-0.05, 0) is 6.92 Å². The van der Waals surface area contributed by atoms with E-state index in [-0.39, 0.29) is 24.6 Å². The molecule has 2 rings (SSSR count). The highest BCUT2D eigenvalue weighted by atomic mass is 16.3. The molecule has 7 heteroatoms. The maximum absolute atomic E-state index is 12.1. The Morgan fingerprint density at radius 2 is 2.33 bits per heavy atom. The number of hydrogen-bond acceptors (Lipinski definition) is 4. The number of aliphatic hydroxyl groups is 1. The van der Waals surface area contributed by atoms with Gasteiger partial charge in [-0.1, -0.05) is 0 Å². The molecule has 7 nitrogen and oxygen atoms in total. The molecule has 0 spiro atoms. The van der Waals surface area contributed by atoms with Crippen molar-refractivity contribution in [3.8, 4) is 0 Å². The van der Waals surface area contributed by atoms with Crippen LogP contribution in [0.5, 0.6) is 0 Å². The van der Waals surface area contributed by atoms with Gasteiger partial charge in [-0.25, -0.2) is 9.50 Å². The Hall–Kier alpha value is -2.15. The molecule has 1 amide bonds. The highest BCUT2D eigenvalue weighted by Gasteiger charge is 2.18. The number of carbonyl (C=O) groups excluding carboxylic acids is 1. The van der Waals surface area contributed by atoms with Crippen molar-refractivity contribution in [2.45, 2.75) is 6.92 Å². The zero-order valence-corrected chi connectivity index (χ0v) is 10.2. The maximum Gasteiger partial charge on any atom is 0.272 e. The van der Waals surface area contributed by atoms with E-state index in [1.165, 1.54) is 21.7 Å². The zero-order valence-electron chi connectivity index (χ0n) is 10.2. The van der Waals surface area contributed by atoms with Gasteiger partial charge in [-0.3, -0.25) is 14.7 Å². The predicted molar refractivity (Wildman–Crippen MR) is 64.6 cm³/mol. The van der Waals surface area contributed by atoms with Crippen molar-refractivity contribution in [1.29, 1.82) is 0 Å². The summed E-state index contributed by atoms with van der Waals surface area (Å²) in [5.41, 5.74) is 0.904. The zero-order chi connectivity index (χ0) is 13.3. The molecular formula is C11H14N4O3. The van der Waals surface area contributed by atoms with Crippen LogP contribution in [0.4, 0.5) is 0 Å². The summed E-state index contributed by atoms with van der Waals surface area (Å²) in [6.45, 7) is 1.81. The standard InChI is InChI=1S/C11H14N4O3/c1-7-5-9(17)15-10(13-7)8(6-12-15)11(18)14(2)3-4-16/h5-6,12,16H,3-4H2,1-2H3. The van der Waals surface area contributed by atoms with Gasteiger partial charge < -0.3 is 10.0 Å². The SMILES string of the molecule is Cc1cc(=O)n2[nH]cc(C(=O)N(C)CCO)c2n1. The highest BCUT2D eigenvalue weighted by Crippen LogP contribution is 2.09. The lowest BCUT2D eigenvalue weighted by Crippen LogP contribution is -2.29. The fraction of sp³-hybridized carbons (Fsp3) is 0.364. The number of amides is 1. The van der Waals surface area contributed by atoms with Gasteiger partial charge in [-0.2, -0.15) is 0 Å². The Morgan fingerprint density at radius 1 is 1.61 bits per heavy atom. The van der Waals surface area contributed by atoms with Crippen molar-refractivity contribution in [2.75, 3.05) is 20.2 Å². The lowest BCUT2D eigenvalue weighted by molar-refractivity contribution is 0.0768. The summed E-state index contributed by atoms with van der Waals surface area (Å²) in [4.78, 5) is 29.3. The maximum atomic E-state index is 12.1. The number of nitrogens with one attached hydrogen (secondary N) is 1.